The van der Waals surface area contributed by atoms with Gasteiger partial charge in [-0.3, -0.25) is 9.48 Å². The lowest BCUT2D eigenvalue weighted by Crippen LogP contribution is -2.16. The van der Waals surface area contributed by atoms with Crippen LogP contribution in [0, 0.1) is 11.7 Å². The van der Waals surface area contributed by atoms with Gasteiger partial charge in [0, 0.05) is 11.9 Å². The number of rotatable bonds is 4. The van der Waals surface area contributed by atoms with E-state index in [4.69, 9.17) is 5.73 Å². The maximum Gasteiger partial charge on any atom is 0.254 e. The highest BCUT2D eigenvalue weighted by Gasteiger charge is 2.37. The molecule has 9 heteroatoms. The van der Waals surface area contributed by atoms with Crippen molar-refractivity contribution < 1.29 is 17.6 Å². The van der Waals surface area contributed by atoms with Crippen molar-refractivity contribution in [2.75, 3.05) is 16.8 Å². The molecule has 7 nitrogen and oxygen atoms in total. The number of carbonyl (C=O) groups excluding carboxylic acids is 1. The van der Waals surface area contributed by atoms with Crippen molar-refractivity contribution in [2.45, 2.75) is 13.0 Å². The summed E-state index contributed by atoms with van der Waals surface area (Å²) in [6.07, 6.45) is 1.45. The molecule has 24 heavy (non-hydrogen) atoms. The molecule has 3 N–H and O–H groups in total. The number of benzene rings is 1. The molecule has 3 rings (SSSR count). The summed E-state index contributed by atoms with van der Waals surface area (Å²) in [4.78, 5) is 11.7. The topological polar surface area (TPSA) is 107 Å². The third-order valence-electron chi connectivity index (χ3n) is 4.04. The number of nitrogens with one attached hydrogen (secondary N) is 1. The Morgan fingerprint density at radius 3 is 2.54 bits per heavy atom. The molecule has 2 aromatic rings. The van der Waals surface area contributed by atoms with Crippen LogP contribution in [0.1, 0.15) is 23.3 Å². The number of aromatic nitrogens is 2. The molecule has 1 saturated heterocycles. The average Bonchev–Trinajstić information content (AvgIpc) is 3.02. The zero-order valence-electron chi connectivity index (χ0n) is 12.9. The SMILES string of the molecule is C[C@@H]1CS(=O)(=O)C[C@H]1n1cc(C(N)=O)c(Nc2ccc(F)cc2)n1. The molecule has 1 aromatic carbocycles. The Morgan fingerprint density at radius 2 is 2.00 bits per heavy atom. The van der Waals surface area contributed by atoms with E-state index in [1.165, 1.54) is 35.1 Å². The Bertz CT molecular complexity index is 877. The Hall–Kier alpha value is -2.42. The Morgan fingerprint density at radius 1 is 1.33 bits per heavy atom. The van der Waals surface area contributed by atoms with Crippen LogP contribution in [0.15, 0.2) is 30.5 Å². The van der Waals surface area contributed by atoms with E-state index in [9.17, 15) is 17.6 Å². The van der Waals surface area contributed by atoms with Gasteiger partial charge in [0.1, 0.15) is 11.4 Å². The lowest BCUT2D eigenvalue weighted by atomic mass is 10.1. The van der Waals surface area contributed by atoms with Crippen LogP contribution in [0.25, 0.3) is 0 Å². The number of primary amides is 1. The van der Waals surface area contributed by atoms with Crippen LogP contribution in [0.5, 0.6) is 0 Å². The lowest BCUT2D eigenvalue weighted by Gasteiger charge is -2.13. The van der Waals surface area contributed by atoms with Crippen molar-refractivity contribution in [1.29, 1.82) is 0 Å². The van der Waals surface area contributed by atoms with Crippen LogP contribution in [-0.4, -0.2) is 35.6 Å². The number of nitrogens with zero attached hydrogens (tertiary/aromatic N) is 2. The quantitative estimate of drug-likeness (QED) is 0.866. The van der Waals surface area contributed by atoms with Gasteiger partial charge in [0.05, 0.1) is 17.5 Å². The van der Waals surface area contributed by atoms with Crippen molar-refractivity contribution in [2.24, 2.45) is 11.7 Å². The summed E-state index contributed by atoms with van der Waals surface area (Å²) in [6, 6.07) is 5.20. The smallest absolute Gasteiger partial charge is 0.254 e. The molecule has 1 aromatic heterocycles. The molecule has 0 spiro atoms. The van der Waals surface area contributed by atoms with E-state index < -0.39 is 15.7 Å². The molecule has 1 fully saturated rings. The third kappa shape index (κ3) is 3.25. The van der Waals surface area contributed by atoms with Crippen LogP contribution >= 0.6 is 0 Å². The normalized spacial score (nSPS) is 22.4. The van der Waals surface area contributed by atoms with E-state index in [1.807, 2.05) is 6.92 Å². The van der Waals surface area contributed by atoms with Crippen molar-refractivity contribution >= 4 is 27.2 Å². The molecule has 128 valence electrons. The van der Waals surface area contributed by atoms with E-state index in [1.54, 1.807) is 0 Å². The predicted octanol–water partition coefficient (Wildman–Crippen LogP) is 1.47. The molecule has 2 atom stereocenters. The van der Waals surface area contributed by atoms with E-state index in [0.717, 1.165) is 0 Å². The van der Waals surface area contributed by atoms with Crippen molar-refractivity contribution in [3.05, 3.63) is 41.8 Å². The highest BCUT2D eigenvalue weighted by molar-refractivity contribution is 7.91. The van der Waals surface area contributed by atoms with Crippen molar-refractivity contribution in [1.82, 2.24) is 9.78 Å². The number of hydrogen-bond donors (Lipinski definition) is 2. The first-order valence-corrected chi connectivity index (χ1v) is 9.19. The average molecular weight is 352 g/mol. The lowest BCUT2D eigenvalue weighted by molar-refractivity contribution is 0.100. The van der Waals surface area contributed by atoms with Crippen LogP contribution in [0.4, 0.5) is 15.9 Å². The minimum absolute atomic E-state index is 0.0238. The van der Waals surface area contributed by atoms with Gasteiger partial charge < -0.3 is 11.1 Å². The van der Waals surface area contributed by atoms with Gasteiger partial charge in [-0.1, -0.05) is 6.92 Å². The van der Waals surface area contributed by atoms with Gasteiger partial charge in [-0.2, -0.15) is 5.10 Å². The third-order valence-corrected chi connectivity index (χ3v) is 5.93. The Labute approximate surface area is 138 Å². The minimum atomic E-state index is -3.12. The second-order valence-electron chi connectivity index (χ2n) is 5.99. The molecule has 0 aliphatic carbocycles. The van der Waals surface area contributed by atoms with Gasteiger partial charge in [0.25, 0.3) is 5.91 Å². The molecule has 1 amide bonds. The van der Waals surface area contributed by atoms with Crippen LogP contribution in [0.3, 0.4) is 0 Å². The van der Waals surface area contributed by atoms with E-state index in [2.05, 4.69) is 10.4 Å². The second-order valence-corrected chi connectivity index (χ2v) is 8.14. The summed E-state index contributed by atoms with van der Waals surface area (Å²) in [6.45, 7) is 1.83. The fraction of sp³-hybridized carbons (Fsp3) is 0.333. The molecular formula is C15H17FN4O3S. The minimum Gasteiger partial charge on any atom is -0.365 e. The monoisotopic (exact) mass is 352 g/mol. The number of anilines is 2. The molecule has 1 aliphatic heterocycles. The first-order valence-electron chi connectivity index (χ1n) is 7.37. The zero-order valence-corrected chi connectivity index (χ0v) is 13.8. The van der Waals surface area contributed by atoms with Crippen LogP contribution in [0.2, 0.25) is 0 Å². The molecular weight excluding hydrogens is 335 g/mol. The molecule has 0 saturated carbocycles. The summed E-state index contributed by atoms with van der Waals surface area (Å²) in [5.41, 5.74) is 6.07. The fourth-order valence-corrected chi connectivity index (χ4v) is 5.01. The Balaban J connectivity index is 1.93. The number of amides is 1. The predicted molar refractivity (Wildman–Crippen MR) is 87.3 cm³/mol. The van der Waals surface area contributed by atoms with Crippen LogP contribution < -0.4 is 11.1 Å². The van der Waals surface area contributed by atoms with E-state index >= 15 is 0 Å². The zero-order chi connectivity index (χ0) is 17.5. The van der Waals surface area contributed by atoms with Crippen molar-refractivity contribution in [3.63, 3.8) is 0 Å². The van der Waals surface area contributed by atoms with Gasteiger partial charge >= 0.3 is 0 Å². The standard InChI is InChI=1S/C15H17FN4O3S/c1-9-7-24(22,23)8-13(9)20-6-12(14(17)21)15(19-20)18-11-4-2-10(16)3-5-11/h2-6,9,13H,7-8H2,1H3,(H2,17,21)(H,18,19)/t9-,13-/m1/s1. The second kappa shape index (κ2) is 5.90. The van der Waals surface area contributed by atoms with Gasteiger partial charge in [0.2, 0.25) is 0 Å². The van der Waals surface area contributed by atoms with E-state index in [-0.39, 0.29) is 40.7 Å². The van der Waals surface area contributed by atoms with E-state index in [0.29, 0.717) is 5.69 Å². The van der Waals surface area contributed by atoms with Gasteiger partial charge in [-0.25, -0.2) is 12.8 Å². The maximum absolute atomic E-state index is 13.0. The summed E-state index contributed by atoms with van der Waals surface area (Å²) < 4.78 is 38.0. The van der Waals surface area contributed by atoms with Gasteiger partial charge in [-0.15, -0.1) is 0 Å². The maximum atomic E-state index is 13.0. The summed E-state index contributed by atoms with van der Waals surface area (Å²) >= 11 is 0. The summed E-state index contributed by atoms with van der Waals surface area (Å²) in [5, 5.41) is 7.21. The highest BCUT2D eigenvalue weighted by Crippen LogP contribution is 2.31. The largest absolute Gasteiger partial charge is 0.365 e. The summed E-state index contributed by atoms with van der Waals surface area (Å²) in [5.74, 6) is -0.903. The molecule has 0 unspecified atom stereocenters. The molecule has 0 bridgehead atoms. The van der Waals surface area contributed by atoms with Crippen LogP contribution in [-0.2, 0) is 9.84 Å². The van der Waals surface area contributed by atoms with Gasteiger partial charge in [0.15, 0.2) is 15.7 Å². The number of nitrogens with two attached hydrogens (primary N) is 1. The molecule has 0 radical (unpaired) electrons. The number of hydrogen-bond acceptors (Lipinski definition) is 5. The number of sulfone groups is 1. The number of halogens is 1. The highest BCUT2D eigenvalue weighted by atomic mass is 32.2. The Kier molecular flexibility index (Phi) is 4.04. The first-order chi connectivity index (χ1) is 11.2. The summed E-state index contributed by atoms with van der Waals surface area (Å²) in [7, 11) is -3.12. The fourth-order valence-electron chi connectivity index (χ4n) is 2.85. The van der Waals surface area contributed by atoms with Gasteiger partial charge in [-0.05, 0) is 30.2 Å². The molecule has 2 heterocycles. The van der Waals surface area contributed by atoms with Crippen molar-refractivity contribution in [3.8, 4) is 0 Å². The molecule has 1 aliphatic rings. The number of carbonyl (C=O) groups is 1. The first kappa shape index (κ1) is 16.4.